The van der Waals surface area contributed by atoms with Crippen molar-refractivity contribution in [2.75, 3.05) is 0 Å². The summed E-state index contributed by atoms with van der Waals surface area (Å²) in [5.74, 6) is 0. The second kappa shape index (κ2) is 3.83. The first kappa shape index (κ1) is 10.8. The minimum absolute atomic E-state index is 0.812. The zero-order valence-corrected chi connectivity index (χ0v) is 10.6. The van der Waals surface area contributed by atoms with Gasteiger partial charge >= 0.3 is 0 Å². The molecule has 0 bridgehead atoms. The van der Waals surface area contributed by atoms with Crippen molar-refractivity contribution in [2.45, 2.75) is 51.9 Å². The van der Waals surface area contributed by atoms with Gasteiger partial charge in [-0.2, -0.15) is 0 Å². The van der Waals surface area contributed by atoms with Crippen LogP contribution in [0.1, 0.15) is 27.2 Å². The average molecular weight is 194 g/mol. The van der Waals surface area contributed by atoms with E-state index in [1.165, 1.54) is 18.0 Å². The highest BCUT2D eigenvalue weighted by Gasteiger charge is 2.32. The van der Waals surface area contributed by atoms with Crippen LogP contribution in [0, 0.1) is 0 Å². The highest BCUT2D eigenvalue weighted by Crippen LogP contribution is 2.40. The van der Waals surface area contributed by atoms with E-state index in [9.17, 15) is 0 Å². The zero-order valence-electron chi connectivity index (χ0n) is 9.65. The van der Waals surface area contributed by atoms with Crippen LogP contribution in [-0.2, 0) is 0 Å². The minimum Gasteiger partial charge on any atom is -0.0798 e. The third-order valence-corrected chi connectivity index (χ3v) is 7.46. The van der Waals surface area contributed by atoms with Crippen LogP contribution in [0.5, 0.6) is 0 Å². The van der Waals surface area contributed by atoms with Crippen molar-refractivity contribution >= 4 is 8.07 Å². The predicted octanol–water partition coefficient (Wildman–Crippen LogP) is 4.38. The van der Waals surface area contributed by atoms with Crippen LogP contribution >= 0.6 is 0 Å². The van der Waals surface area contributed by atoms with Crippen LogP contribution in [-0.4, -0.2) is 8.07 Å². The standard InChI is InChI=1S/C12H22Si/c1-6-9-13(4,5)12-8-7-10(2)11(12)3/h7-8,12H,6,9H2,1-5H3. The van der Waals surface area contributed by atoms with Crippen LogP contribution in [0.15, 0.2) is 23.3 Å². The Balaban J connectivity index is 2.80. The zero-order chi connectivity index (χ0) is 10.1. The third-order valence-electron chi connectivity index (χ3n) is 3.36. The van der Waals surface area contributed by atoms with Crippen LogP contribution in [0.4, 0.5) is 0 Å². The van der Waals surface area contributed by atoms with E-state index in [0.29, 0.717) is 0 Å². The van der Waals surface area contributed by atoms with Crippen molar-refractivity contribution in [3.05, 3.63) is 23.3 Å². The molecule has 0 heterocycles. The SMILES string of the molecule is CCC[Si](C)(C)C1C=CC(C)=C1C. The Morgan fingerprint density at radius 3 is 2.31 bits per heavy atom. The number of hydrogen-bond acceptors (Lipinski definition) is 0. The largest absolute Gasteiger partial charge is 0.0798 e. The Kier molecular flexibility index (Phi) is 3.17. The summed E-state index contributed by atoms with van der Waals surface area (Å²) >= 11 is 0. The molecule has 0 saturated heterocycles. The van der Waals surface area contributed by atoms with E-state index in [4.69, 9.17) is 0 Å². The van der Waals surface area contributed by atoms with Crippen molar-refractivity contribution in [2.24, 2.45) is 0 Å². The summed E-state index contributed by atoms with van der Waals surface area (Å²) in [6.45, 7) is 11.9. The fraction of sp³-hybridized carbons (Fsp3) is 0.667. The molecule has 1 unspecified atom stereocenters. The quantitative estimate of drug-likeness (QED) is 0.585. The normalized spacial score (nSPS) is 23.0. The second-order valence-corrected chi connectivity index (χ2v) is 10.0. The third kappa shape index (κ3) is 2.14. The molecule has 1 aliphatic carbocycles. The summed E-state index contributed by atoms with van der Waals surface area (Å²) in [6.07, 6.45) is 6.09. The highest BCUT2D eigenvalue weighted by molar-refractivity contribution is 6.80. The summed E-state index contributed by atoms with van der Waals surface area (Å²) in [5, 5.41) is 0. The molecule has 0 nitrogen and oxygen atoms in total. The van der Waals surface area contributed by atoms with Crippen molar-refractivity contribution in [3.8, 4) is 0 Å². The first-order chi connectivity index (χ1) is 5.99. The van der Waals surface area contributed by atoms with E-state index in [1.54, 1.807) is 5.57 Å². The van der Waals surface area contributed by atoms with Crippen LogP contribution < -0.4 is 0 Å². The Hall–Kier alpha value is -0.303. The fourth-order valence-electron chi connectivity index (χ4n) is 2.41. The molecule has 1 rings (SSSR count). The topological polar surface area (TPSA) is 0 Å². The number of hydrogen-bond donors (Lipinski definition) is 0. The lowest BCUT2D eigenvalue weighted by Gasteiger charge is -2.29. The van der Waals surface area contributed by atoms with Crippen LogP contribution in [0.25, 0.3) is 0 Å². The van der Waals surface area contributed by atoms with Crippen LogP contribution in [0.3, 0.4) is 0 Å². The Morgan fingerprint density at radius 2 is 1.92 bits per heavy atom. The molecule has 0 aliphatic heterocycles. The predicted molar refractivity (Wildman–Crippen MR) is 63.8 cm³/mol. The van der Waals surface area contributed by atoms with E-state index in [0.717, 1.165) is 5.54 Å². The maximum absolute atomic E-state index is 2.52. The summed E-state index contributed by atoms with van der Waals surface area (Å²) in [6, 6.07) is 1.45. The van der Waals surface area contributed by atoms with Gasteiger partial charge in [0, 0.05) is 0 Å². The van der Waals surface area contributed by atoms with Gasteiger partial charge in [-0.15, -0.1) is 0 Å². The molecule has 0 saturated carbocycles. The van der Waals surface area contributed by atoms with Gasteiger partial charge in [0.15, 0.2) is 0 Å². The lowest BCUT2D eigenvalue weighted by atomic mass is 10.2. The molecular formula is C12H22Si. The summed E-state index contributed by atoms with van der Waals surface area (Å²) < 4.78 is 0. The van der Waals surface area contributed by atoms with Gasteiger partial charge in [0.2, 0.25) is 0 Å². The van der Waals surface area contributed by atoms with E-state index in [2.05, 4.69) is 46.0 Å². The molecular weight excluding hydrogens is 172 g/mol. The molecule has 0 fully saturated rings. The van der Waals surface area contributed by atoms with Gasteiger partial charge in [0.1, 0.15) is 0 Å². The Morgan fingerprint density at radius 1 is 1.31 bits per heavy atom. The van der Waals surface area contributed by atoms with Crippen molar-refractivity contribution in [1.29, 1.82) is 0 Å². The monoisotopic (exact) mass is 194 g/mol. The van der Waals surface area contributed by atoms with Gasteiger partial charge in [0.25, 0.3) is 0 Å². The lowest BCUT2D eigenvalue weighted by molar-refractivity contribution is 1.00. The molecule has 1 aliphatic rings. The van der Waals surface area contributed by atoms with E-state index in [1.807, 2.05) is 0 Å². The van der Waals surface area contributed by atoms with Crippen LogP contribution in [0.2, 0.25) is 24.7 Å². The highest BCUT2D eigenvalue weighted by atomic mass is 28.3. The molecule has 13 heavy (non-hydrogen) atoms. The fourth-order valence-corrected chi connectivity index (χ4v) is 6.02. The van der Waals surface area contributed by atoms with E-state index < -0.39 is 8.07 Å². The van der Waals surface area contributed by atoms with Crippen molar-refractivity contribution < 1.29 is 0 Å². The van der Waals surface area contributed by atoms with Gasteiger partial charge in [-0.3, -0.25) is 0 Å². The molecule has 0 aromatic heterocycles. The first-order valence-electron chi connectivity index (χ1n) is 5.34. The molecule has 1 heteroatoms. The van der Waals surface area contributed by atoms with Gasteiger partial charge in [0.05, 0.1) is 8.07 Å². The Bertz CT molecular complexity index is 246. The maximum atomic E-state index is 2.52. The molecule has 0 N–H and O–H groups in total. The summed E-state index contributed by atoms with van der Waals surface area (Å²) in [7, 11) is -1.02. The maximum Gasteiger partial charge on any atom is 0.0591 e. The molecule has 0 aromatic rings. The smallest absolute Gasteiger partial charge is 0.0591 e. The van der Waals surface area contributed by atoms with E-state index in [-0.39, 0.29) is 0 Å². The second-order valence-electron chi connectivity index (χ2n) is 4.94. The van der Waals surface area contributed by atoms with Crippen molar-refractivity contribution in [1.82, 2.24) is 0 Å². The summed E-state index contributed by atoms with van der Waals surface area (Å²) in [5.41, 5.74) is 3.94. The lowest BCUT2D eigenvalue weighted by Crippen LogP contribution is -2.31. The number of rotatable bonds is 3. The van der Waals surface area contributed by atoms with E-state index >= 15 is 0 Å². The summed E-state index contributed by atoms with van der Waals surface area (Å²) in [4.78, 5) is 0. The molecule has 74 valence electrons. The van der Waals surface area contributed by atoms with Gasteiger partial charge in [-0.25, -0.2) is 0 Å². The molecule has 0 aromatic carbocycles. The molecule has 0 amide bonds. The van der Waals surface area contributed by atoms with Gasteiger partial charge in [-0.1, -0.05) is 55.8 Å². The minimum atomic E-state index is -1.02. The van der Waals surface area contributed by atoms with Gasteiger partial charge in [-0.05, 0) is 19.4 Å². The number of allylic oxidation sites excluding steroid dienone is 4. The molecule has 0 spiro atoms. The first-order valence-corrected chi connectivity index (χ1v) is 8.63. The average Bonchev–Trinajstić information content (AvgIpc) is 2.33. The molecule has 0 radical (unpaired) electrons. The molecule has 1 atom stereocenters. The Labute approximate surface area is 83.7 Å². The van der Waals surface area contributed by atoms with Crippen molar-refractivity contribution in [3.63, 3.8) is 0 Å². The van der Waals surface area contributed by atoms with Gasteiger partial charge < -0.3 is 0 Å².